The van der Waals surface area contributed by atoms with Gasteiger partial charge in [0, 0.05) is 44.7 Å². The first-order chi connectivity index (χ1) is 18.5. The number of rotatable bonds is 8. The number of ether oxygens (including phenoxy) is 1. The minimum absolute atomic E-state index is 0.0626. The molecule has 4 aromatic rings. The molecule has 0 N–H and O–H groups in total. The van der Waals surface area contributed by atoms with Crippen molar-refractivity contribution in [3.05, 3.63) is 88.8 Å². The van der Waals surface area contributed by atoms with Crippen molar-refractivity contribution >= 4 is 17.5 Å². The largest absolute Gasteiger partial charge is 0.383 e. The molecule has 7 nitrogen and oxygen atoms in total. The van der Waals surface area contributed by atoms with Gasteiger partial charge in [0.15, 0.2) is 0 Å². The van der Waals surface area contributed by atoms with Gasteiger partial charge in [0.2, 0.25) is 5.95 Å². The van der Waals surface area contributed by atoms with E-state index in [-0.39, 0.29) is 11.6 Å². The molecule has 7 heteroatoms. The molecule has 1 aliphatic heterocycles. The van der Waals surface area contributed by atoms with Gasteiger partial charge in [0.1, 0.15) is 5.82 Å². The Labute approximate surface area is 224 Å². The van der Waals surface area contributed by atoms with Crippen LogP contribution in [0, 0.1) is 6.92 Å². The maximum atomic E-state index is 14.1. The molecule has 0 spiro atoms. The Morgan fingerprint density at radius 1 is 1.05 bits per heavy atom. The molecule has 196 valence electrons. The molecule has 1 fully saturated rings. The number of aromatic nitrogens is 3. The molecule has 38 heavy (non-hydrogen) atoms. The molecule has 0 saturated carbocycles. The van der Waals surface area contributed by atoms with Crippen LogP contribution >= 0.6 is 0 Å². The van der Waals surface area contributed by atoms with Crippen LogP contribution in [0.1, 0.15) is 25.3 Å². The molecular weight excluding hydrogens is 474 g/mol. The van der Waals surface area contributed by atoms with Crippen LogP contribution in [-0.4, -0.2) is 47.4 Å². The smallest absolute Gasteiger partial charge is 0.263 e. The van der Waals surface area contributed by atoms with E-state index in [4.69, 9.17) is 14.7 Å². The van der Waals surface area contributed by atoms with Gasteiger partial charge in [0.05, 0.1) is 23.9 Å². The van der Waals surface area contributed by atoms with E-state index in [1.54, 1.807) is 17.9 Å². The van der Waals surface area contributed by atoms with Crippen LogP contribution in [0.4, 0.5) is 17.5 Å². The molecule has 3 heterocycles. The lowest BCUT2D eigenvalue weighted by atomic mass is 9.99. The Morgan fingerprint density at radius 3 is 2.61 bits per heavy atom. The Bertz CT molecular complexity index is 1470. The van der Waals surface area contributed by atoms with Crippen LogP contribution in [0.2, 0.25) is 0 Å². The van der Waals surface area contributed by atoms with Crippen LogP contribution in [-0.2, 0) is 11.8 Å². The van der Waals surface area contributed by atoms with E-state index in [0.29, 0.717) is 23.8 Å². The van der Waals surface area contributed by atoms with Crippen molar-refractivity contribution in [1.29, 1.82) is 0 Å². The van der Waals surface area contributed by atoms with Crippen molar-refractivity contribution in [2.75, 3.05) is 36.6 Å². The summed E-state index contributed by atoms with van der Waals surface area (Å²) in [5.74, 6) is 1.49. The van der Waals surface area contributed by atoms with Crippen LogP contribution in [0.15, 0.2) is 77.7 Å². The van der Waals surface area contributed by atoms with E-state index in [2.05, 4.69) is 34.9 Å². The second-order valence-electron chi connectivity index (χ2n) is 9.80. The number of aryl methyl sites for hydroxylation is 1. The van der Waals surface area contributed by atoms with E-state index < -0.39 is 0 Å². The van der Waals surface area contributed by atoms with Gasteiger partial charge >= 0.3 is 0 Å². The summed E-state index contributed by atoms with van der Waals surface area (Å²) in [6.07, 6.45) is 3.86. The normalized spacial score (nSPS) is 15.2. The minimum atomic E-state index is -0.0626. The summed E-state index contributed by atoms with van der Waals surface area (Å²) in [6.45, 7) is 6.35. The van der Waals surface area contributed by atoms with Gasteiger partial charge in [-0.3, -0.25) is 9.36 Å². The summed E-state index contributed by atoms with van der Waals surface area (Å²) in [4.78, 5) is 28.3. The molecule has 0 radical (unpaired) electrons. The summed E-state index contributed by atoms with van der Waals surface area (Å²) in [5, 5.41) is 0. The summed E-state index contributed by atoms with van der Waals surface area (Å²) in [5.41, 5.74) is 5.09. The highest BCUT2D eigenvalue weighted by Crippen LogP contribution is 2.34. The molecule has 1 saturated heterocycles. The van der Waals surface area contributed by atoms with E-state index in [1.807, 2.05) is 62.5 Å². The zero-order chi connectivity index (χ0) is 26.6. The molecule has 2 aromatic heterocycles. The summed E-state index contributed by atoms with van der Waals surface area (Å²) in [7, 11) is 3.54. The Morgan fingerprint density at radius 2 is 1.87 bits per heavy atom. The van der Waals surface area contributed by atoms with E-state index in [0.717, 1.165) is 54.1 Å². The Kier molecular flexibility index (Phi) is 7.56. The molecule has 1 unspecified atom stereocenters. The van der Waals surface area contributed by atoms with Crippen LogP contribution in [0.25, 0.3) is 22.4 Å². The first-order valence-corrected chi connectivity index (χ1v) is 13.2. The number of pyridine rings is 1. The summed E-state index contributed by atoms with van der Waals surface area (Å²) in [6, 6.07) is 22.5. The predicted molar refractivity (Wildman–Crippen MR) is 154 cm³/mol. The highest BCUT2D eigenvalue weighted by atomic mass is 16.5. The van der Waals surface area contributed by atoms with Gasteiger partial charge in [-0.1, -0.05) is 48.0 Å². The molecule has 0 amide bonds. The minimum Gasteiger partial charge on any atom is -0.383 e. The van der Waals surface area contributed by atoms with Crippen molar-refractivity contribution in [1.82, 2.24) is 14.5 Å². The molecule has 5 rings (SSSR count). The van der Waals surface area contributed by atoms with Crippen molar-refractivity contribution < 1.29 is 4.74 Å². The molecular formula is C31H35N5O2. The van der Waals surface area contributed by atoms with Gasteiger partial charge in [-0.25, -0.2) is 9.97 Å². The number of hydrogen-bond acceptors (Lipinski definition) is 6. The van der Waals surface area contributed by atoms with E-state index >= 15 is 0 Å². The van der Waals surface area contributed by atoms with E-state index in [1.165, 1.54) is 0 Å². The first kappa shape index (κ1) is 25.7. The fourth-order valence-corrected chi connectivity index (χ4v) is 5.38. The third-order valence-corrected chi connectivity index (χ3v) is 7.25. The SMILES string of the molecule is CCN(c1ccccc1)c1cc(-c2nc(N3CCCC3COC)n(C)c(=O)c2-c2cccc(C)c2)ccn1. The predicted octanol–water partition coefficient (Wildman–Crippen LogP) is 5.59. The van der Waals surface area contributed by atoms with Crippen LogP contribution in [0.5, 0.6) is 0 Å². The van der Waals surface area contributed by atoms with Crippen molar-refractivity contribution in [2.45, 2.75) is 32.7 Å². The van der Waals surface area contributed by atoms with Gasteiger partial charge in [-0.15, -0.1) is 0 Å². The number of methoxy groups -OCH3 is 1. The number of anilines is 3. The number of benzene rings is 2. The second kappa shape index (κ2) is 11.2. The lowest BCUT2D eigenvalue weighted by Gasteiger charge is -2.28. The van der Waals surface area contributed by atoms with Crippen LogP contribution in [0.3, 0.4) is 0 Å². The van der Waals surface area contributed by atoms with Crippen molar-refractivity contribution in [3.8, 4) is 22.4 Å². The fourth-order valence-electron chi connectivity index (χ4n) is 5.38. The zero-order valence-corrected chi connectivity index (χ0v) is 22.6. The summed E-state index contributed by atoms with van der Waals surface area (Å²) < 4.78 is 7.19. The molecule has 0 aliphatic carbocycles. The van der Waals surface area contributed by atoms with Gasteiger partial charge < -0.3 is 14.5 Å². The highest BCUT2D eigenvalue weighted by molar-refractivity contribution is 5.82. The third kappa shape index (κ3) is 4.94. The van der Waals surface area contributed by atoms with Gasteiger partial charge in [-0.05, 0) is 56.5 Å². The standard InChI is InChI=1S/C31H35N5O2/c1-5-35(25-13-7-6-8-14-25)27-20-24(16-17-32-27)29-28(23-12-9-11-22(2)19-23)30(37)34(3)31(33-29)36-18-10-15-26(36)21-38-4/h6-9,11-14,16-17,19-20,26H,5,10,15,18,21H2,1-4H3. The van der Waals surface area contributed by atoms with Crippen LogP contribution < -0.4 is 15.4 Å². The van der Waals surface area contributed by atoms with Gasteiger partial charge in [-0.2, -0.15) is 0 Å². The highest BCUT2D eigenvalue weighted by Gasteiger charge is 2.29. The topological polar surface area (TPSA) is 63.5 Å². The number of para-hydroxylation sites is 1. The molecule has 2 aromatic carbocycles. The summed E-state index contributed by atoms with van der Waals surface area (Å²) >= 11 is 0. The maximum absolute atomic E-state index is 14.1. The molecule has 1 aliphatic rings. The van der Waals surface area contributed by atoms with E-state index in [9.17, 15) is 4.79 Å². The average Bonchev–Trinajstić information content (AvgIpc) is 3.39. The first-order valence-electron chi connectivity index (χ1n) is 13.2. The van der Waals surface area contributed by atoms with Crippen molar-refractivity contribution in [2.24, 2.45) is 7.05 Å². The fraction of sp³-hybridized carbons (Fsp3) is 0.323. The Hall–Kier alpha value is -3.97. The van der Waals surface area contributed by atoms with Gasteiger partial charge in [0.25, 0.3) is 5.56 Å². The number of hydrogen-bond donors (Lipinski definition) is 0. The lowest BCUT2D eigenvalue weighted by Crippen LogP contribution is -2.38. The Balaban J connectivity index is 1.71. The average molecular weight is 510 g/mol. The third-order valence-electron chi connectivity index (χ3n) is 7.25. The monoisotopic (exact) mass is 509 g/mol. The number of nitrogens with zero attached hydrogens (tertiary/aromatic N) is 5. The molecule has 0 bridgehead atoms. The zero-order valence-electron chi connectivity index (χ0n) is 22.6. The molecule has 1 atom stereocenters. The quantitative estimate of drug-likeness (QED) is 0.309. The lowest BCUT2D eigenvalue weighted by molar-refractivity contribution is 0.180. The second-order valence-corrected chi connectivity index (χ2v) is 9.80. The maximum Gasteiger partial charge on any atom is 0.263 e. The van der Waals surface area contributed by atoms with Crippen molar-refractivity contribution in [3.63, 3.8) is 0 Å².